The number of hydrogen-bond donors (Lipinski definition) is 1. The zero-order chi connectivity index (χ0) is 15.1. The molecule has 2 nitrogen and oxygen atoms in total. The Morgan fingerprint density at radius 1 is 1.14 bits per heavy atom. The Balaban J connectivity index is 1.87. The van der Waals surface area contributed by atoms with Crippen LogP contribution in [-0.2, 0) is 6.54 Å². The second-order valence-electron chi connectivity index (χ2n) is 5.15. The van der Waals surface area contributed by atoms with Gasteiger partial charge < -0.3 is 10.1 Å². The highest BCUT2D eigenvalue weighted by molar-refractivity contribution is 5.27. The average molecular weight is 287 g/mol. The molecule has 1 atom stereocenters. The van der Waals surface area contributed by atoms with Crippen LogP contribution in [0.2, 0.25) is 0 Å². The van der Waals surface area contributed by atoms with Gasteiger partial charge in [-0.3, -0.25) is 0 Å². The van der Waals surface area contributed by atoms with Gasteiger partial charge in [0.05, 0.1) is 6.61 Å². The van der Waals surface area contributed by atoms with Crippen LogP contribution in [0.4, 0.5) is 4.39 Å². The maximum Gasteiger partial charge on any atom is 0.123 e. The van der Waals surface area contributed by atoms with Crippen molar-refractivity contribution in [1.82, 2.24) is 5.32 Å². The Morgan fingerprint density at radius 2 is 1.90 bits per heavy atom. The summed E-state index contributed by atoms with van der Waals surface area (Å²) >= 11 is 0. The van der Waals surface area contributed by atoms with Gasteiger partial charge in [0.15, 0.2) is 0 Å². The molecule has 2 aromatic rings. The molecule has 0 heterocycles. The van der Waals surface area contributed by atoms with Gasteiger partial charge in [0.2, 0.25) is 0 Å². The summed E-state index contributed by atoms with van der Waals surface area (Å²) in [6.07, 6.45) is 1.01. The lowest BCUT2D eigenvalue weighted by Gasteiger charge is -2.14. The molecule has 0 aliphatic heterocycles. The number of rotatable bonds is 7. The summed E-state index contributed by atoms with van der Waals surface area (Å²) in [5, 5.41) is 3.40. The minimum Gasteiger partial charge on any atom is -0.494 e. The second-order valence-corrected chi connectivity index (χ2v) is 5.15. The molecule has 0 aromatic heterocycles. The van der Waals surface area contributed by atoms with Crippen LogP contribution in [0.5, 0.6) is 5.75 Å². The SMILES string of the molecule is CCCOc1ccc(CN[C@@H](C)c2cccc(F)c2)cc1. The molecule has 1 N–H and O–H groups in total. The number of benzene rings is 2. The maximum absolute atomic E-state index is 13.2. The molecule has 0 unspecified atom stereocenters. The van der Waals surface area contributed by atoms with E-state index in [4.69, 9.17) is 4.74 Å². The van der Waals surface area contributed by atoms with E-state index in [9.17, 15) is 4.39 Å². The molecule has 0 amide bonds. The first kappa shape index (κ1) is 15.5. The molecule has 0 fully saturated rings. The molecule has 112 valence electrons. The van der Waals surface area contributed by atoms with Crippen LogP contribution in [0.25, 0.3) is 0 Å². The Labute approximate surface area is 126 Å². The minimum absolute atomic E-state index is 0.108. The predicted molar refractivity (Wildman–Crippen MR) is 83.9 cm³/mol. The fourth-order valence-electron chi connectivity index (χ4n) is 2.09. The molecule has 0 radical (unpaired) electrons. The van der Waals surface area contributed by atoms with Crippen LogP contribution in [0, 0.1) is 5.82 Å². The molecule has 0 aliphatic rings. The Bertz CT molecular complexity index is 553. The van der Waals surface area contributed by atoms with Gasteiger partial charge in [-0.15, -0.1) is 0 Å². The summed E-state index contributed by atoms with van der Waals surface area (Å²) in [4.78, 5) is 0. The van der Waals surface area contributed by atoms with E-state index in [1.807, 2.05) is 25.1 Å². The third-order valence-electron chi connectivity index (χ3n) is 3.36. The van der Waals surface area contributed by atoms with Crippen molar-refractivity contribution in [2.24, 2.45) is 0 Å². The van der Waals surface area contributed by atoms with E-state index in [0.29, 0.717) is 0 Å². The molecule has 0 saturated heterocycles. The topological polar surface area (TPSA) is 21.3 Å². The van der Waals surface area contributed by atoms with Crippen molar-refractivity contribution in [1.29, 1.82) is 0 Å². The van der Waals surface area contributed by atoms with Crippen LogP contribution in [0.1, 0.15) is 37.4 Å². The van der Waals surface area contributed by atoms with Crippen LogP contribution in [0.3, 0.4) is 0 Å². The van der Waals surface area contributed by atoms with Crippen LogP contribution >= 0.6 is 0 Å². The monoisotopic (exact) mass is 287 g/mol. The minimum atomic E-state index is -0.196. The van der Waals surface area contributed by atoms with Crippen LogP contribution in [0.15, 0.2) is 48.5 Å². The van der Waals surface area contributed by atoms with Gasteiger partial charge in [0.1, 0.15) is 11.6 Å². The lowest BCUT2D eigenvalue weighted by Crippen LogP contribution is -2.18. The van der Waals surface area contributed by atoms with Crippen molar-refractivity contribution in [2.45, 2.75) is 32.9 Å². The first-order chi connectivity index (χ1) is 10.2. The summed E-state index contributed by atoms with van der Waals surface area (Å²) < 4.78 is 18.8. The Kier molecular flexibility index (Phi) is 5.76. The van der Waals surface area contributed by atoms with Crippen molar-refractivity contribution in [2.75, 3.05) is 6.61 Å². The smallest absolute Gasteiger partial charge is 0.123 e. The summed E-state index contributed by atoms with van der Waals surface area (Å²) in [7, 11) is 0. The Hall–Kier alpha value is -1.87. The normalized spacial score (nSPS) is 12.1. The summed E-state index contributed by atoms with van der Waals surface area (Å²) in [6, 6.07) is 14.9. The third kappa shape index (κ3) is 4.87. The highest BCUT2D eigenvalue weighted by atomic mass is 19.1. The molecule has 2 rings (SSSR count). The zero-order valence-electron chi connectivity index (χ0n) is 12.6. The van der Waals surface area contributed by atoms with E-state index in [2.05, 4.69) is 24.4 Å². The molecular weight excluding hydrogens is 265 g/mol. The van der Waals surface area contributed by atoms with Crippen molar-refractivity contribution < 1.29 is 9.13 Å². The number of hydrogen-bond acceptors (Lipinski definition) is 2. The molecule has 3 heteroatoms. The fraction of sp³-hybridized carbons (Fsp3) is 0.333. The van der Waals surface area contributed by atoms with Crippen molar-refractivity contribution in [3.63, 3.8) is 0 Å². The van der Waals surface area contributed by atoms with Gasteiger partial charge in [-0.1, -0.05) is 31.2 Å². The number of nitrogens with one attached hydrogen (secondary N) is 1. The summed E-state index contributed by atoms with van der Waals surface area (Å²) in [5.41, 5.74) is 2.14. The predicted octanol–water partition coefficient (Wildman–Crippen LogP) is 4.47. The first-order valence-corrected chi connectivity index (χ1v) is 7.39. The van der Waals surface area contributed by atoms with E-state index in [1.54, 1.807) is 12.1 Å². The molecule has 0 saturated carbocycles. The van der Waals surface area contributed by atoms with Crippen molar-refractivity contribution in [3.8, 4) is 5.75 Å². The van der Waals surface area contributed by atoms with E-state index >= 15 is 0 Å². The fourth-order valence-corrected chi connectivity index (χ4v) is 2.09. The highest BCUT2D eigenvalue weighted by Crippen LogP contribution is 2.16. The van der Waals surface area contributed by atoms with Crippen LogP contribution in [-0.4, -0.2) is 6.61 Å². The van der Waals surface area contributed by atoms with Gasteiger partial charge in [-0.25, -0.2) is 4.39 Å². The van der Waals surface area contributed by atoms with Gasteiger partial charge in [-0.05, 0) is 48.7 Å². The highest BCUT2D eigenvalue weighted by Gasteiger charge is 2.05. The molecular formula is C18H22FNO. The second kappa shape index (κ2) is 7.79. The number of ether oxygens (including phenoxy) is 1. The lowest BCUT2D eigenvalue weighted by atomic mass is 10.1. The van der Waals surface area contributed by atoms with Gasteiger partial charge in [0, 0.05) is 12.6 Å². The maximum atomic E-state index is 13.2. The largest absolute Gasteiger partial charge is 0.494 e. The molecule has 21 heavy (non-hydrogen) atoms. The van der Waals surface area contributed by atoms with E-state index in [-0.39, 0.29) is 11.9 Å². The molecule has 0 bridgehead atoms. The summed E-state index contributed by atoms with van der Waals surface area (Å²) in [6.45, 7) is 5.61. The van der Waals surface area contributed by atoms with Crippen molar-refractivity contribution in [3.05, 3.63) is 65.5 Å². The molecule has 0 spiro atoms. The Morgan fingerprint density at radius 3 is 2.57 bits per heavy atom. The van der Waals surface area contributed by atoms with Crippen LogP contribution < -0.4 is 10.1 Å². The van der Waals surface area contributed by atoms with E-state index in [1.165, 1.54) is 11.6 Å². The van der Waals surface area contributed by atoms with Crippen molar-refractivity contribution >= 4 is 0 Å². The van der Waals surface area contributed by atoms with Gasteiger partial charge in [0.25, 0.3) is 0 Å². The number of halogens is 1. The average Bonchev–Trinajstić information content (AvgIpc) is 2.51. The zero-order valence-corrected chi connectivity index (χ0v) is 12.6. The molecule has 0 aliphatic carbocycles. The molecule has 2 aromatic carbocycles. The summed E-state index contributed by atoms with van der Waals surface area (Å²) in [5.74, 6) is 0.706. The third-order valence-corrected chi connectivity index (χ3v) is 3.36. The first-order valence-electron chi connectivity index (χ1n) is 7.39. The lowest BCUT2D eigenvalue weighted by molar-refractivity contribution is 0.317. The van der Waals surface area contributed by atoms with E-state index in [0.717, 1.165) is 30.9 Å². The quantitative estimate of drug-likeness (QED) is 0.811. The van der Waals surface area contributed by atoms with Gasteiger partial charge >= 0.3 is 0 Å². The van der Waals surface area contributed by atoms with E-state index < -0.39 is 0 Å². The standard InChI is InChI=1S/C18H22FNO/c1-3-11-21-18-9-7-15(8-10-18)13-20-14(2)16-5-4-6-17(19)12-16/h4-10,12,14,20H,3,11,13H2,1-2H3/t14-/m0/s1. The van der Waals surface area contributed by atoms with Gasteiger partial charge in [-0.2, -0.15) is 0 Å².